The lowest BCUT2D eigenvalue weighted by atomic mass is 9.73. The fourth-order valence-electron chi connectivity index (χ4n) is 8.81. The first-order chi connectivity index (χ1) is 22.6. The molecule has 0 amide bonds. The summed E-state index contributed by atoms with van der Waals surface area (Å²) in [6, 6.07) is 37.2. The third kappa shape index (κ3) is 4.87. The van der Waals surface area contributed by atoms with E-state index < -0.39 is 8.07 Å². The van der Waals surface area contributed by atoms with Crippen molar-refractivity contribution in [2.24, 2.45) is 0 Å². The molecule has 2 aliphatic carbocycles. The quantitative estimate of drug-likeness (QED) is 0.103. The molecule has 0 radical (unpaired) electrons. The first-order valence-electron chi connectivity index (χ1n) is 17.7. The lowest BCUT2D eigenvalue weighted by Crippen LogP contribution is -2.37. The van der Waals surface area contributed by atoms with Crippen LogP contribution in [0.25, 0.3) is 45.5 Å². The zero-order valence-corrected chi connectivity index (χ0v) is 30.3. The highest BCUT2D eigenvalue weighted by Crippen LogP contribution is 2.55. The minimum absolute atomic E-state index is 0.0142. The lowest BCUT2D eigenvalue weighted by Gasteiger charge is -2.30. The van der Waals surface area contributed by atoms with E-state index in [0.717, 1.165) is 31.4 Å². The van der Waals surface area contributed by atoms with Crippen LogP contribution in [0, 0.1) is 0 Å². The van der Waals surface area contributed by atoms with Crippen LogP contribution in [0.1, 0.15) is 86.8 Å². The molecule has 2 heteroatoms. The Bertz CT molecular complexity index is 2010. The molecule has 0 heterocycles. The summed E-state index contributed by atoms with van der Waals surface area (Å²) in [7, 11) is -1.33. The molecule has 47 heavy (non-hydrogen) atoms. The number of anilines is 1. The van der Waals surface area contributed by atoms with E-state index in [-0.39, 0.29) is 10.8 Å². The van der Waals surface area contributed by atoms with Crippen molar-refractivity contribution < 1.29 is 0 Å². The van der Waals surface area contributed by atoms with E-state index >= 15 is 0 Å². The van der Waals surface area contributed by atoms with E-state index in [1.807, 2.05) is 6.07 Å². The van der Waals surface area contributed by atoms with Crippen molar-refractivity contribution in [2.45, 2.75) is 83.8 Å². The van der Waals surface area contributed by atoms with Crippen LogP contribution in [0.5, 0.6) is 0 Å². The van der Waals surface area contributed by atoms with Gasteiger partial charge in [-0.2, -0.15) is 0 Å². The molecule has 0 saturated carbocycles. The molecule has 2 N–H and O–H groups in total. The van der Waals surface area contributed by atoms with Crippen molar-refractivity contribution in [1.29, 1.82) is 0 Å². The van der Waals surface area contributed by atoms with E-state index in [9.17, 15) is 0 Å². The monoisotopic (exact) mass is 631 g/mol. The molecule has 0 aromatic heterocycles. The van der Waals surface area contributed by atoms with Gasteiger partial charge in [0.15, 0.2) is 0 Å². The molecule has 7 rings (SSSR count). The predicted octanol–water partition coefficient (Wildman–Crippen LogP) is 11.8. The Labute approximate surface area is 283 Å². The number of nitrogen functional groups attached to an aromatic ring is 1. The Kier molecular flexibility index (Phi) is 7.71. The van der Waals surface area contributed by atoms with Gasteiger partial charge < -0.3 is 5.73 Å². The normalized spacial score (nSPS) is 15.4. The Morgan fingerprint density at radius 1 is 0.489 bits per heavy atom. The van der Waals surface area contributed by atoms with Gasteiger partial charge in [-0.05, 0) is 111 Å². The van der Waals surface area contributed by atoms with E-state index in [2.05, 4.69) is 150 Å². The standard InChI is InChI=1S/C45H49NSi/c1-8-44(9-2)40-26-30(12-13-31-15-23-37-39-25-19-34(46)29-43(39)45(10-3,11-4)41(37)27-31)14-22-36(40)38-24-18-33(28-42(38)44)32-16-20-35(21-17-32)47(5,6)7/h12-29H,8-11,46H2,1-7H3/b13-12+. The van der Waals surface area contributed by atoms with Gasteiger partial charge in [-0.1, -0.05) is 144 Å². The highest BCUT2D eigenvalue weighted by atomic mass is 28.3. The van der Waals surface area contributed by atoms with Crippen molar-refractivity contribution in [2.75, 3.05) is 5.73 Å². The van der Waals surface area contributed by atoms with Gasteiger partial charge in [-0.15, -0.1) is 0 Å². The van der Waals surface area contributed by atoms with Crippen LogP contribution in [-0.2, 0) is 10.8 Å². The highest BCUT2D eigenvalue weighted by Gasteiger charge is 2.42. The predicted molar refractivity (Wildman–Crippen MR) is 208 cm³/mol. The molecule has 0 bridgehead atoms. The van der Waals surface area contributed by atoms with Gasteiger partial charge >= 0.3 is 0 Å². The number of rotatable bonds is 8. The molecule has 0 saturated heterocycles. The van der Waals surface area contributed by atoms with Crippen LogP contribution in [-0.4, -0.2) is 8.07 Å². The maximum absolute atomic E-state index is 6.29. The molecule has 1 nitrogen and oxygen atoms in total. The van der Waals surface area contributed by atoms with Crippen LogP contribution < -0.4 is 10.9 Å². The van der Waals surface area contributed by atoms with Gasteiger partial charge in [0.25, 0.3) is 0 Å². The van der Waals surface area contributed by atoms with Crippen molar-refractivity contribution in [1.82, 2.24) is 0 Å². The number of benzene rings is 5. The van der Waals surface area contributed by atoms with Crippen LogP contribution in [0.3, 0.4) is 0 Å². The first-order valence-corrected chi connectivity index (χ1v) is 21.2. The third-order valence-electron chi connectivity index (χ3n) is 11.8. The van der Waals surface area contributed by atoms with Crippen LogP contribution in [0.4, 0.5) is 5.69 Å². The number of fused-ring (bicyclic) bond motifs is 6. The van der Waals surface area contributed by atoms with E-state index in [1.165, 1.54) is 71.9 Å². The summed E-state index contributed by atoms with van der Waals surface area (Å²) in [6.07, 6.45) is 8.91. The number of nitrogens with two attached hydrogens (primary N) is 1. The number of hydrogen-bond donors (Lipinski definition) is 1. The minimum atomic E-state index is -1.33. The van der Waals surface area contributed by atoms with Gasteiger partial charge in [-0.3, -0.25) is 0 Å². The summed E-state index contributed by atoms with van der Waals surface area (Å²) in [5.41, 5.74) is 23.6. The summed E-state index contributed by atoms with van der Waals surface area (Å²) in [4.78, 5) is 0. The van der Waals surface area contributed by atoms with Gasteiger partial charge in [0.2, 0.25) is 0 Å². The Morgan fingerprint density at radius 2 is 0.894 bits per heavy atom. The van der Waals surface area contributed by atoms with E-state index in [0.29, 0.717) is 0 Å². The maximum Gasteiger partial charge on any atom is 0.0775 e. The average Bonchev–Trinajstić information content (AvgIpc) is 3.52. The largest absolute Gasteiger partial charge is 0.399 e. The van der Waals surface area contributed by atoms with Crippen LogP contribution in [0.15, 0.2) is 97.1 Å². The van der Waals surface area contributed by atoms with Gasteiger partial charge in [0.05, 0.1) is 8.07 Å². The summed E-state index contributed by atoms with van der Waals surface area (Å²) < 4.78 is 0. The molecular weight excluding hydrogens is 583 g/mol. The van der Waals surface area contributed by atoms with Crippen LogP contribution >= 0.6 is 0 Å². The molecule has 5 aromatic rings. The molecule has 0 aliphatic heterocycles. The molecule has 0 fully saturated rings. The van der Waals surface area contributed by atoms with Crippen molar-refractivity contribution in [3.05, 3.63) is 130 Å². The van der Waals surface area contributed by atoms with Gasteiger partial charge in [0, 0.05) is 16.5 Å². The molecule has 0 atom stereocenters. The fourth-order valence-corrected chi connectivity index (χ4v) is 9.98. The summed E-state index contributed by atoms with van der Waals surface area (Å²) in [5.74, 6) is 0. The molecule has 5 aromatic carbocycles. The second-order valence-electron chi connectivity index (χ2n) is 14.9. The topological polar surface area (TPSA) is 26.0 Å². The Morgan fingerprint density at radius 3 is 1.36 bits per heavy atom. The first kappa shape index (κ1) is 31.5. The zero-order valence-electron chi connectivity index (χ0n) is 29.3. The Hall–Kier alpha value is -4.14. The fraction of sp³-hybridized carbons (Fsp3) is 0.289. The van der Waals surface area contributed by atoms with Crippen molar-refractivity contribution in [3.8, 4) is 33.4 Å². The second-order valence-corrected chi connectivity index (χ2v) is 20.0. The average molecular weight is 632 g/mol. The molecular formula is C45H49NSi. The maximum atomic E-state index is 6.29. The van der Waals surface area contributed by atoms with Gasteiger partial charge in [0.1, 0.15) is 0 Å². The van der Waals surface area contributed by atoms with Crippen molar-refractivity contribution >= 4 is 31.1 Å². The second kappa shape index (κ2) is 11.5. The molecule has 0 unspecified atom stereocenters. The summed E-state index contributed by atoms with van der Waals surface area (Å²) in [6.45, 7) is 16.6. The molecule has 2 aliphatic rings. The zero-order chi connectivity index (χ0) is 33.1. The third-order valence-corrected chi connectivity index (χ3v) is 13.8. The molecule has 0 spiro atoms. The van der Waals surface area contributed by atoms with E-state index in [1.54, 1.807) is 0 Å². The summed E-state index contributed by atoms with van der Waals surface area (Å²) in [5, 5.41) is 1.51. The van der Waals surface area contributed by atoms with Crippen molar-refractivity contribution in [3.63, 3.8) is 0 Å². The minimum Gasteiger partial charge on any atom is -0.399 e. The van der Waals surface area contributed by atoms with E-state index in [4.69, 9.17) is 5.73 Å². The molecule has 238 valence electrons. The Balaban J connectivity index is 1.23. The lowest BCUT2D eigenvalue weighted by molar-refractivity contribution is 0.490. The highest BCUT2D eigenvalue weighted by molar-refractivity contribution is 6.88. The smallest absolute Gasteiger partial charge is 0.0775 e. The van der Waals surface area contributed by atoms with Gasteiger partial charge in [-0.25, -0.2) is 0 Å². The summed E-state index contributed by atoms with van der Waals surface area (Å²) >= 11 is 0. The SMILES string of the molecule is CCC1(CC)c2cc(N)ccc2-c2ccc(/C=C/c3ccc4c(c3)C(CC)(CC)c3cc(-c5ccc([Si](C)(C)C)cc5)ccc3-4)cc21. The van der Waals surface area contributed by atoms with Crippen LogP contribution in [0.2, 0.25) is 19.6 Å². The number of hydrogen-bond acceptors (Lipinski definition) is 1.